The van der Waals surface area contributed by atoms with Crippen molar-refractivity contribution in [1.82, 2.24) is 4.90 Å². The average molecular weight is 445 g/mol. The second-order valence-electron chi connectivity index (χ2n) is 7.94. The van der Waals surface area contributed by atoms with Crippen LogP contribution in [-0.4, -0.2) is 23.3 Å². The van der Waals surface area contributed by atoms with Crippen LogP contribution in [0.2, 0.25) is 0 Å². The Labute approximate surface area is 192 Å². The minimum Gasteiger partial charge on any atom is -0.494 e. The third kappa shape index (κ3) is 4.51. The van der Waals surface area contributed by atoms with Crippen LogP contribution in [0.5, 0.6) is 5.75 Å². The number of ether oxygens (including phenoxy) is 1. The molecule has 4 rings (SSSR count). The van der Waals surface area contributed by atoms with Crippen LogP contribution in [0.4, 0.5) is 10.1 Å². The number of carbonyl (C=O) groups is 2. The van der Waals surface area contributed by atoms with Gasteiger partial charge in [-0.15, -0.1) is 0 Å². The molecule has 3 aromatic carbocycles. The van der Waals surface area contributed by atoms with Gasteiger partial charge < -0.3 is 10.1 Å². The van der Waals surface area contributed by atoms with E-state index in [1.54, 1.807) is 30.3 Å². The number of nitrogens with zero attached hydrogens (tertiary/aromatic N) is 1. The lowest BCUT2D eigenvalue weighted by atomic mass is 9.97. The van der Waals surface area contributed by atoms with Crippen molar-refractivity contribution < 1.29 is 18.7 Å². The SMILES string of the molecule is CCOc1cccc(NC2=C(c3ccc(C)cc3C)C(=O)N(Cc3ccccc3F)C2=O)c1. The van der Waals surface area contributed by atoms with E-state index in [-0.39, 0.29) is 23.4 Å². The van der Waals surface area contributed by atoms with Crippen molar-refractivity contribution in [3.05, 3.63) is 100 Å². The van der Waals surface area contributed by atoms with Crippen LogP contribution in [0.3, 0.4) is 0 Å². The van der Waals surface area contributed by atoms with Crippen molar-refractivity contribution in [3.63, 3.8) is 0 Å². The molecule has 5 nitrogen and oxygen atoms in total. The Hall–Kier alpha value is -3.93. The smallest absolute Gasteiger partial charge is 0.278 e. The van der Waals surface area contributed by atoms with Gasteiger partial charge in [0, 0.05) is 17.3 Å². The quantitative estimate of drug-likeness (QED) is 0.507. The number of hydrogen-bond donors (Lipinski definition) is 1. The van der Waals surface area contributed by atoms with E-state index >= 15 is 0 Å². The van der Waals surface area contributed by atoms with Gasteiger partial charge in [-0.3, -0.25) is 14.5 Å². The zero-order chi connectivity index (χ0) is 23.5. The predicted octanol–water partition coefficient (Wildman–Crippen LogP) is 5.23. The minimum atomic E-state index is -0.500. The van der Waals surface area contributed by atoms with Crippen LogP contribution in [0, 0.1) is 19.7 Å². The van der Waals surface area contributed by atoms with Crippen molar-refractivity contribution in [2.75, 3.05) is 11.9 Å². The van der Waals surface area contributed by atoms with Crippen molar-refractivity contribution >= 4 is 23.1 Å². The highest BCUT2D eigenvalue weighted by Crippen LogP contribution is 2.34. The standard InChI is InChI=1S/C27H25FN2O3/c1-4-33-21-10-7-9-20(15-21)29-25-24(22-13-12-17(2)14-18(22)3)26(31)30(27(25)32)16-19-8-5-6-11-23(19)28/h5-15,29H,4,16H2,1-3H3. The van der Waals surface area contributed by atoms with Gasteiger partial charge in [-0.25, -0.2) is 4.39 Å². The van der Waals surface area contributed by atoms with Crippen molar-refractivity contribution in [3.8, 4) is 5.75 Å². The molecule has 2 amide bonds. The van der Waals surface area contributed by atoms with Gasteiger partial charge in [-0.1, -0.05) is 48.0 Å². The van der Waals surface area contributed by atoms with E-state index in [9.17, 15) is 14.0 Å². The molecule has 1 aliphatic rings. The van der Waals surface area contributed by atoms with E-state index in [2.05, 4.69) is 5.32 Å². The fourth-order valence-electron chi connectivity index (χ4n) is 3.95. The summed E-state index contributed by atoms with van der Waals surface area (Å²) < 4.78 is 19.9. The molecule has 0 spiro atoms. The first-order valence-electron chi connectivity index (χ1n) is 10.8. The number of amides is 2. The van der Waals surface area contributed by atoms with Gasteiger partial charge in [0.1, 0.15) is 17.3 Å². The molecule has 6 heteroatoms. The van der Waals surface area contributed by atoms with Gasteiger partial charge >= 0.3 is 0 Å². The molecule has 0 unspecified atom stereocenters. The lowest BCUT2D eigenvalue weighted by Gasteiger charge is -2.16. The van der Waals surface area contributed by atoms with Gasteiger partial charge in [0.2, 0.25) is 0 Å². The Morgan fingerprint density at radius 3 is 2.45 bits per heavy atom. The van der Waals surface area contributed by atoms with Crippen LogP contribution >= 0.6 is 0 Å². The Morgan fingerprint density at radius 1 is 0.939 bits per heavy atom. The zero-order valence-electron chi connectivity index (χ0n) is 18.8. The first-order chi connectivity index (χ1) is 15.9. The summed E-state index contributed by atoms with van der Waals surface area (Å²) in [5, 5.41) is 3.13. The Kier molecular flexibility index (Phi) is 6.27. The van der Waals surface area contributed by atoms with Crippen LogP contribution in [0.15, 0.2) is 72.4 Å². The number of anilines is 1. The summed E-state index contributed by atoms with van der Waals surface area (Å²) in [6.07, 6.45) is 0. The van der Waals surface area contributed by atoms with Crippen LogP contribution in [0.25, 0.3) is 5.57 Å². The summed E-state index contributed by atoms with van der Waals surface area (Å²) in [4.78, 5) is 28.0. The van der Waals surface area contributed by atoms with Gasteiger partial charge in [0.05, 0.1) is 18.7 Å². The van der Waals surface area contributed by atoms with Crippen LogP contribution in [0.1, 0.15) is 29.2 Å². The third-order valence-corrected chi connectivity index (χ3v) is 5.52. The Morgan fingerprint density at radius 2 is 1.73 bits per heavy atom. The number of rotatable bonds is 7. The first kappa shape index (κ1) is 22.3. The van der Waals surface area contributed by atoms with Crippen molar-refractivity contribution in [2.45, 2.75) is 27.3 Å². The summed E-state index contributed by atoms with van der Waals surface area (Å²) in [7, 11) is 0. The summed E-state index contributed by atoms with van der Waals surface area (Å²) >= 11 is 0. The molecule has 0 atom stereocenters. The minimum absolute atomic E-state index is 0.150. The number of hydrogen-bond acceptors (Lipinski definition) is 4. The molecule has 0 saturated carbocycles. The lowest BCUT2D eigenvalue weighted by Crippen LogP contribution is -2.32. The number of benzene rings is 3. The van der Waals surface area contributed by atoms with Gasteiger partial charge in [0.15, 0.2) is 0 Å². The molecule has 1 N–H and O–H groups in total. The average Bonchev–Trinajstić information content (AvgIpc) is 3.00. The Balaban J connectivity index is 1.77. The van der Waals surface area contributed by atoms with E-state index in [1.807, 2.05) is 51.1 Å². The largest absolute Gasteiger partial charge is 0.494 e. The van der Waals surface area contributed by atoms with E-state index in [0.29, 0.717) is 23.6 Å². The van der Waals surface area contributed by atoms with E-state index in [1.165, 1.54) is 6.07 Å². The molecule has 1 aliphatic heterocycles. The van der Waals surface area contributed by atoms with Gasteiger partial charge in [-0.05, 0) is 50.1 Å². The number of carbonyl (C=O) groups excluding carboxylic acids is 2. The summed E-state index contributed by atoms with van der Waals surface area (Å²) in [5.41, 5.74) is 3.92. The van der Waals surface area contributed by atoms with Crippen molar-refractivity contribution in [1.29, 1.82) is 0 Å². The van der Waals surface area contributed by atoms with Gasteiger partial charge in [0.25, 0.3) is 11.8 Å². The third-order valence-electron chi connectivity index (χ3n) is 5.52. The van der Waals surface area contributed by atoms with Crippen LogP contribution in [-0.2, 0) is 16.1 Å². The lowest BCUT2D eigenvalue weighted by molar-refractivity contribution is -0.137. The molecule has 0 bridgehead atoms. The first-order valence-corrected chi connectivity index (χ1v) is 10.8. The molecule has 168 valence electrons. The normalized spacial score (nSPS) is 13.6. The molecule has 3 aromatic rings. The number of imide groups is 1. The molecule has 0 fully saturated rings. The summed E-state index contributed by atoms with van der Waals surface area (Å²) in [6.45, 7) is 6.12. The van der Waals surface area contributed by atoms with Gasteiger partial charge in [-0.2, -0.15) is 0 Å². The highest BCUT2D eigenvalue weighted by molar-refractivity contribution is 6.36. The highest BCUT2D eigenvalue weighted by atomic mass is 19.1. The van der Waals surface area contributed by atoms with E-state index in [4.69, 9.17) is 4.74 Å². The second kappa shape index (κ2) is 9.28. The molecule has 1 heterocycles. The van der Waals surface area contributed by atoms with E-state index < -0.39 is 17.6 Å². The molecule has 0 radical (unpaired) electrons. The molecule has 33 heavy (non-hydrogen) atoms. The second-order valence-corrected chi connectivity index (χ2v) is 7.94. The summed E-state index contributed by atoms with van der Waals surface area (Å²) in [6, 6.07) is 19.1. The monoisotopic (exact) mass is 444 g/mol. The zero-order valence-corrected chi connectivity index (χ0v) is 18.8. The molecule has 0 aliphatic carbocycles. The molecule has 0 saturated heterocycles. The maximum atomic E-state index is 14.3. The van der Waals surface area contributed by atoms with Crippen molar-refractivity contribution in [2.24, 2.45) is 0 Å². The summed E-state index contributed by atoms with van der Waals surface area (Å²) in [5.74, 6) is -0.771. The fraction of sp³-hybridized carbons (Fsp3) is 0.185. The fourth-order valence-corrected chi connectivity index (χ4v) is 3.95. The Bertz CT molecular complexity index is 1270. The molecule has 0 aromatic heterocycles. The maximum Gasteiger partial charge on any atom is 0.278 e. The number of nitrogens with one attached hydrogen (secondary N) is 1. The molecular weight excluding hydrogens is 419 g/mol. The maximum absolute atomic E-state index is 14.3. The van der Waals surface area contributed by atoms with E-state index in [0.717, 1.165) is 16.0 Å². The highest BCUT2D eigenvalue weighted by Gasteiger charge is 2.40. The molecular formula is C27H25FN2O3. The number of halogens is 1. The predicted molar refractivity (Wildman–Crippen MR) is 126 cm³/mol. The number of aryl methyl sites for hydroxylation is 2. The topological polar surface area (TPSA) is 58.6 Å². The van der Waals surface area contributed by atoms with Crippen LogP contribution < -0.4 is 10.1 Å².